The van der Waals surface area contributed by atoms with Crippen molar-refractivity contribution in [2.75, 3.05) is 18.4 Å². The molecule has 38 heavy (non-hydrogen) atoms. The van der Waals surface area contributed by atoms with Gasteiger partial charge in [0.1, 0.15) is 11.3 Å². The van der Waals surface area contributed by atoms with E-state index >= 15 is 0 Å². The fourth-order valence-corrected chi connectivity index (χ4v) is 5.72. The zero-order valence-electron chi connectivity index (χ0n) is 21.3. The summed E-state index contributed by atoms with van der Waals surface area (Å²) in [5.41, 5.74) is 3.55. The van der Waals surface area contributed by atoms with Crippen LogP contribution in [0.15, 0.2) is 70.0 Å². The van der Waals surface area contributed by atoms with Gasteiger partial charge in [-0.2, -0.15) is 12.7 Å². The van der Waals surface area contributed by atoms with Crippen LogP contribution in [0.2, 0.25) is 0 Å². The summed E-state index contributed by atoms with van der Waals surface area (Å²) in [5.74, 6) is -0.326. The molecule has 0 saturated carbocycles. The Balaban J connectivity index is 1.53. The van der Waals surface area contributed by atoms with Gasteiger partial charge in [-0.25, -0.2) is 9.71 Å². The minimum atomic E-state index is -3.93. The van der Waals surface area contributed by atoms with Crippen LogP contribution in [0.3, 0.4) is 0 Å². The maximum Gasteiger partial charge on any atom is 0.304 e. The van der Waals surface area contributed by atoms with Crippen LogP contribution >= 0.6 is 0 Å². The number of pyridine rings is 1. The van der Waals surface area contributed by atoms with E-state index in [2.05, 4.69) is 15.0 Å². The van der Waals surface area contributed by atoms with Gasteiger partial charge in [0.2, 0.25) is 0 Å². The average molecular weight is 533 g/mol. The number of amides is 1. The number of carbonyl (C=O) groups excluding carboxylic acids is 1. The molecular weight excluding hydrogens is 504 g/mol. The van der Waals surface area contributed by atoms with E-state index in [0.29, 0.717) is 41.1 Å². The lowest BCUT2D eigenvalue weighted by Crippen LogP contribution is -2.50. The third-order valence-corrected chi connectivity index (χ3v) is 8.15. The van der Waals surface area contributed by atoms with E-state index in [1.807, 2.05) is 56.3 Å². The van der Waals surface area contributed by atoms with Crippen molar-refractivity contribution in [3.05, 3.63) is 93.4 Å². The van der Waals surface area contributed by atoms with Crippen LogP contribution in [-0.4, -0.2) is 36.7 Å². The highest BCUT2D eigenvalue weighted by molar-refractivity contribution is 7.87. The molecule has 1 atom stereocenters. The van der Waals surface area contributed by atoms with Crippen LogP contribution in [-0.2, 0) is 10.2 Å². The van der Waals surface area contributed by atoms with Gasteiger partial charge in [0.25, 0.3) is 5.91 Å². The van der Waals surface area contributed by atoms with Crippen LogP contribution in [0.1, 0.15) is 46.6 Å². The number of hydrogen-bond acceptors (Lipinski definition) is 7. The predicted molar refractivity (Wildman–Crippen MR) is 146 cm³/mol. The molecule has 2 aromatic carbocycles. The van der Waals surface area contributed by atoms with Crippen molar-refractivity contribution < 1.29 is 17.6 Å². The maximum absolute atomic E-state index is 13.4. The number of nitrogens with one attached hydrogen (secondary N) is 2. The molecule has 1 fully saturated rings. The highest BCUT2D eigenvalue weighted by atomic mass is 32.2. The number of aryl methyl sites for hydroxylation is 1. The van der Waals surface area contributed by atoms with Crippen molar-refractivity contribution in [2.24, 2.45) is 0 Å². The molecule has 1 saturated heterocycles. The molecule has 196 valence electrons. The first kappa shape index (κ1) is 25.6. The predicted octanol–water partition coefficient (Wildman–Crippen LogP) is 4.33. The summed E-state index contributed by atoms with van der Waals surface area (Å²) in [6, 6.07) is 16.1. The van der Waals surface area contributed by atoms with Crippen molar-refractivity contribution in [3.63, 3.8) is 0 Å². The molecule has 2 aromatic heterocycles. The van der Waals surface area contributed by atoms with Crippen LogP contribution < -0.4 is 15.5 Å². The summed E-state index contributed by atoms with van der Waals surface area (Å²) in [6.45, 7) is 6.29. The van der Waals surface area contributed by atoms with Crippen LogP contribution in [0, 0.1) is 13.8 Å². The molecule has 3 heterocycles. The van der Waals surface area contributed by atoms with Gasteiger partial charge < -0.3 is 9.73 Å². The topological polar surface area (TPSA) is 122 Å². The van der Waals surface area contributed by atoms with Gasteiger partial charge in [-0.3, -0.25) is 9.59 Å². The summed E-state index contributed by atoms with van der Waals surface area (Å²) in [6.07, 6.45) is 2.19. The zero-order chi connectivity index (χ0) is 27.0. The number of nitrogens with zero attached hydrogens (tertiary/aromatic N) is 2. The van der Waals surface area contributed by atoms with Crippen molar-refractivity contribution in [3.8, 4) is 11.3 Å². The van der Waals surface area contributed by atoms with E-state index in [9.17, 15) is 18.0 Å². The number of rotatable bonds is 7. The van der Waals surface area contributed by atoms with Gasteiger partial charge in [-0.15, -0.1) is 0 Å². The second-order valence-electron chi connectivity index (χ2n) is 9.44. The molecule has 1 unspecified atom stereocenters. The Hall–Kier alpha value is -4.02. The molecule has 5 rings (SSSR count). The normalized spacial score (nSPS) is 14.6. The number of aromatic nitrogens is 1. The fraction of sp³-hybridized carbons (Fsp3) is 0.250. The Bertz CT molecular complexity index is 1700. The average Bonchev–Trinajstić information content (AvgIpc) is 2.85. The zero-order valence-corrected chi connectivity index (χ0v) is 22.1. The summed E-state index contributed by atoms with van der Waals surface area (Å²) < 4.78 is 34.6. The molecule has 10 heteroatoms. The van der Waals surface area contributed by atoms with Gasteiger partial charge in [-0.05, 0) is 51.0 Å². The summed E-state index contributed by atoms with van der Waals surface area (Å²) in [4.78, 5) is 30.4. The van der Waals surface area contributed by atoms with E-state index in [1.54, 1.807) is 19.1 Å². The third kappa shape index (κ3) is 4.80. The van der Waals surface area contributed by atoms with Crippen LogP contribution in [0.4, 0.5) is 5.69 Å². The van der Waals surface area contributed by atoms with Crippen molar-refractivity contribution in [2.45, 2.75) is 33.2 Å². The number of carbonyl (C=O) groups is 1. The first-order valence-electron chi connectivity index (χ1n) is 12.3. The molecule has 4 aromatic rings. The highest BCUT2D eigenvalue weighted by Gasteiger charge is 2.30. The van der Waals surface area contributed by atoms with Gasteiger partial charge in [-0.1, -0.05) is 36.4 Å². The van der Waals surface area contributed by atoms with Gasteiger partial charge >= 0.3 is 10.2 Å². The fourth-order valence-electron chi connectivity index (χ4n) is 4.53. The summed E-state index contributed by atoms with van der Waals surface area (Å²) in [5, 5.41) is 3.74. The number of benzene rings is 2. The molecule has 0 spiro atoms. The third-order valence-electron chi connectivity index (χ3n) is 6.67. The van der Waals surface area contributed by atoms with Crippen molar-refractivity contribution in [1.29, 1.82) is 0 Å². The van der Waals surface area contributed by atoms with Crippen LogP contribution in [0.5, 0.6) is 0 Å². The molecule has 1 aliphatic heterocycles. The second kappa shape index (κ2) is 10.0. The smallest absolute Gasteiger partial charge is 0.304 e. The number of fused-ring (bicyclic) bond motifs is 1. The maximum atomic E-state index is 13.4. The Morgan fingerprint density at radius 3 is 2.50 bits per heavy atom. The number of hydrogen-bond donors (Lipinski definition) is 2. The molecule has 2 N–H and O–H groups in total. The van der Waals surface area contributed by atoms with Crippen molar-refractivity contribution >= 4 is 32.8 Å². The summed E-state index contributed by atoms with van der Waals surface area (Å²) >= 11 is 0. The van der Waals surface area contributed by atoms with E-state index < -0.39 is 22.2 Å². The van der Waals surface area contributed by atoms with E-state index in [1.165, 1.54) is 10.5 Å². The van der Waals surface area contributed by atoms with Gasteiger partial charge in [0.05, 0.1) is 17.1 Å². The lowest BCUT2D eigenvalue weighted by molar-refractivity contribution is 0.0973. The Labute approximate surface area is 220 Å². The molecule has 0 radical (unpaired) electrons. The van der Waals surface area contributed by atoms with E-state index in [4.69, 9.17) is 4.42 Å². The standard InChI is InChI=1S/C28H28N4O5S/c1-17-15-21(27-22(16-17)25(33)18(2)26(37-27)20-9-5-4-6-10-20)19(3)30-23-11-7-12-29-24(23)28(34)31-38(35,36)32-13-8-14-32/h4-7,9-12,15-16,19,30H,8,13-14H2,1-3H3,(H,31,34). The van der Waals surface area contributed by atoms with Crippen LogP contribution in [0.25, 0.3) is 22.3 Å². The minimum Gasteiger partial charge on any atom is -0.455 e. The van der Waals surface area contributed by atoms with Gasteiger partial charge in [0.15, 0.2) is 11.1 Å². The lowest BCUT2D eigenvalue weighted by atomic mass is 9.98. The summed E-state index contributed by atoms with van der Waals surface area (Å²) in [7, 11) is -3.93. The molecule has 1 aliphatic rings. The number of anilines is 1. The molecule has 1 amide bonds. The highest BCUT2D eigenvalue weighted by Crippen LogP contribution is 2.32. The first-order chi connectivity index (χ1) is 18.2. The molecule has 0 bridgehead atoms. The molecular formula is C28H28N4O5S. The Morgan fingerprint density at radius 2 is 1.82 bits per heavy atom. The minimum absolute atomic E-state index is 0.0531. The van der Waals surface area contributed by atoms with E-state index in [-0.39, 0.29) is 11.1 Å². The molecule has 9 nitrogen and oxygen atoms in total. The molecule has 0 aliphatic carbocycles. The van der Waals surface area contributed by atoms with E-state index in [0.717, 1.165) is 23.1 Å². The largest absolute Gasteiger partial charge is 0.455 e. The Kier molecular flexibility index (Phi) is 6.77. The monoisotopic (exact) mass is 532 g/mol. The Morgan fingerprint density at radius 1 is 1.08 bits per heavy atom. The lowest BCUT2D eigenvalue weighted by Gasteiger charge is -2.29. The second-order valence-corrected chi connectivity index (χ2v) is 11.1. The quantitative estimate of drug-likeness (QED) is 0.363. The SMILES string of the molecule is Cc1cc(C(C)Nc2cccnc2C(=O)NS(=O)(=O)N2CCC2)c2oc(-c3ccccc3)c(C)c(=O)c2c1. The van der Waals surface area contributed by atoms with Crippen molar-refractivity contribution in [1.82, 2.24) is 14.0 Å². The van der Waals surface area contributed by atoms with Gasteiger partial charge in [0, 0.05) is 36.0 Å². The first-order valence-corrected chi connectivity index (χ1v) is 13.8.